The first-order valence-corrected chi connectivity index (χ1v) is 5.69. The molecule has 4 heteroatoms. The maximum Gasteiger partial charge on any atom is 0.261 e. The highest BCUT2D eigenvalue weighted by Crippen LogP contribution is 1.95. The summed E-state index contributed by atoms with van der Waals surface area (Å²) < 4.78 is 14.8. The molecule has 0 aliphatic carbocycles. The van der Waals surface area contributed by atoms with Crippen LogP contribution >= 0.6 is 0 Å². The fourth-order valence-corrected chi connectivity index (χ4v) is 1.10. The molecule has 0 atom stereocenters. The van der Waals surface area contributed by atoms with Gasteiger partial charge in [0.25, 0.3) is 6.48 Å². The number of hydrogen-bond acceptors (Lipinski definition) is 3. The third-order valence-electron chi connectivity index (χ3n) is 0.768. The fourth-order valence-electron chi connectivity index (χ4n) is 0.430. The molecule has 0 unspecified atom stereocenters. The lowest BCUT2D eigenvalue weighted by atomic mass is 11.2. The molecule has 0 rings (SSSR count). The summed E-state index contributed by atoms with van der Waals surface area (Å²) in [5.41, 5.74) is 0. The second-order valence-corrected chi connectivity index (χ2v) is 4.31. The molecule has 9 heavy (non-hydrogen) atoms. The van der Waals surface area contributed by atoms with Crippen molar-refractivity contribution in [1.82, 2.24) is 0 Å². The third-order valence-corrected chi connectivity index (χ3v) is 1.53. The molecule has 0 amide bonds. The zero-order chi connectivity index (χ0) is 7.28. The van der Waals surface area contributed by atoms with Crippen molar-refractivity contribution in [3.63, 3.8) is 0 Å². The van der Waals surface area contributed by atoms with Crippen molar-refractivity contribution in [3.8, 4) is 0 Å². The van der Waals surface area contributed by atoms with E-state index in [4.69, 9.17) is 13.9 Å². The summed E-state index contributed by atoms with van der Waals surface area (Å²) in [5.74, 6) is 0. The van der Waals surface area contributed by atoms with Gasteiger partial charge in [0, 0.05) is 14.2 Å². The highest BCUT2D eigenvalue weighted by molar-refractivity contribution is 6.48. The standard InChI is InChI=1S/C5H14O3Si/c1-6-5(7-2)8-9(3)4/h5,9H,1-4H3. The van der Waals surface area contributed by atoms with E-state index in [1.807, 2.05) is 0 Å². The van der Waals surface area contributed by atoms with E-state index in [1.165, 1.54) is 0 Å². The molecular formula is C5H14O3Si. The summed E-state index contributed by atoms with van der Waals surface area (Å²) in [5, 5.41) is 0. The van der Waals surface area contributed by atoms with E-state index < -0.39 is 15.5 Å². The molecule has 0 fully saturated rings. The average molecular weight is 150 g/mol. The van der Waals surface area contributed by atoms with E-state index in [0.29, 0.717) is 0 Å². The van der Waals surface area contributed by atoms with Crippen LogP contribution in [-0.4, -0.2) is 29.7 Å². The van der Waals surface area contributed by atoms with Crippen LogP contribution in [0.3, 0.4) is 0 Å². The van der Waals surface area contributed by atoms with Gasteiger partial charge < -0.3 is 13.9 Å². The fraction of sp³-hybridized carbons (Fsp3) is 1.00. The second-order valence-electron chi connectivity index (χ2n) is 1.94. The first kappa shape index (κ1) is 9.10. The number of rotatable bonds is 4. The van der Waals surface area contributed by atoms with Crippen LogP contribution in [0, 0.1) is 0 Å². The highest BCUT2D eigenvalue weighted by atomic mass is 28.3. The van der Waals surface area contributed by atoms with Gasteiger partial charge in [-0.15, -0.1) is 0 Å². The van der Waals surface area contributed by atoms with Crippen LogP contribution in [0.25, 0.3) is 0 Å². The first-order chi connectivity index (χ1) is 4.20. The molecule has 56 valence electrons. The zero-order valence-corrected chi connectivity index (χ0v) is 7.53. The van der Waals surface area contributed by atoms with Gasteiger partial charge in [-0.2, -0.15) is 0 Å². The molecule has 0 aromatic carbocycles. The second kappa shape index (κ2) is 4.93. The van der Waals surface area contributed by atoms with Crippen molar-refractivity contribution in [2.24, 2.45) is 0 Å². The Morgan fingerprint density at radius 2 is 1.56 bits per heavy atom. The Labute approximate surface area is 57.6 Å². The van der Waals surface area contributed by atoms with Crippen molar-refractivity contribution < 1.29 is 13.9 Å². The van der Waals surface area contributed by atoms with Gasteiger partial charge >= 0.3 is 0 Å². The zero-order valence-electron chi connectivity index (χ0n) is 6.38. The smallest absolute Gasteiger partial charge is 0.261 e. The summed E-state index contributed by atoms with van der Waals surface area (Å²) in [6.07, 6.45) is 0. The lowest BCUT2D eigenvalue weighted by molar-refractivity contribution is -0.221. The predicted molar refractivity (Wildman–Crippen MR) is 37.8 cm³/mol. The van der Waals surface area contributed by atoms with Gasteiger partial charge in [0.2, 0.25) is 0 Å². The monoisotopic (exact) mass is 150 g/mol. The Bertz CT molecular complexity index is 63.2. The van der Waals surface area contributed by atoms with E-state index in [9.17, 15) is 0 Å². The molecule has 0 aromatic rings. The molecule has 0 spiro atoms. The van der Waals surface area contributed by atoms with E-state index in [-0.39, 0.29) is 0 Å². The Morgan fingerprint density at radius 1 is 1.11 bits per heavy atom. The van der Waals surface area contributed by atoms with Crippen LogP contribution in [0.1, 0.15) is 0 Å². The van der Waals surface area contributed by atoms with E-state index in [0.717, 1.165) is 0 Å². The number of hydrogen-bond donors (Lipinski definition) is 0. The SMILES string of the molecule is COC(OC)O[SiH](C)C. The van der Waals surface area contributed by atoms with Crippen LogP contribution in [0.2, 0.25) is 13.1 Å². The molecule has 0 aromatic heterocycles. The van der Waals surface area contributed by atoms with E-state index in [2.05, 4.69) is 13.1 Å². The largest absolute Gasteiger partial charge is 0.375 e. The lowest BCUT2D eigenvalue weighted by Crippen LogP contribution is -2.23. The van der Waals surface area contributed by atoms with Crippen molar-refractivity contribution in [2.45, 2.75) is 19.6 Å². The maximum atomic E-state index is 5.24. The Morgan fingerprint density at radius 3 is 1.67 bits per heavy atom. The highest BCUT2D eigenvalue weighted by Gasteiger charge is 2.06. The lowest BCUT2D eigenvalue weighted by Gasteiger charge is -2.15. The van der Waals surface area contributed by atoms with Crippen LogP contribution < -0.4 is 0 Å². The summed E-state index contributed by atoms with van der Waals surface area (Å²) in [4.78, 5) is 0. The predicted octanol–water partition coefficient (Wildman–Crippen LogP) is 0.563. The molecule has 0 heterocycles. The minimum absolute atomic E-state index is 0.461. The van der Waals surface area contributed by atoms with Crippen molar-refractivity contribution in [1.29, 1.82) is 0 Å². The van der Waals surface area contributed by atoms with Gasteiger partial charge in [0.1, 0.15) is 0 Å². The average Bonchev–Trinajstić information content (AvgIpc) is 1.82. The minimum Gasteiger partial charge on any atom is -0.375 e. The number of methoxy groups -OCH3 is 2. The van der Waals surface area contributed by atoms with Gasteiger partial charge in [-0.1, -0.05) is 0 Å². The van der Waals surface area contributed by atoms with Crippen LogP contribution in [-0.2, 0) is 13.9 Å². The van der Waals surface area contributed by atoms with E-state index in [1.54, 1.807) is 14.2 Å². The molecule has 0 saturated heterocycles. The molecule has 0 saturated carbocycles. The van der Waals surface area contributed by atoms with Crippen LogP contribution in [0.5, 0.6) is 0 Å². The molecule has 0 radical (unpaired) electrons. The molecule has 0 bridgehead atoms. The first-order valence-electron chi connectivity index (χ1n) is 2.91. The van der Waals surface area contributed by atoms with Crippen LogP contribution in [0.15, 0.2) is 0 Å². The summed E-state index contributed by atoms with van der Waals surface area (Å²) in [7, 11) is 2.11. The van der Waals surface area contributed by atoms with E-state index >= 15 is 0 Å². The van der Waals surface area contributed by atoms with Gasteiger partial charge in [-0.25, -0.2) is 0 Å². The maximum absolute atomic E-state index is 5.24. The quantitative estimate of drug-likeness (QED) is 0.433. The van der Waals surface area contributed by atoms with Crippen molar-refractivity contribution in [3.05, 3.63) is 0 Å². The van der Waals surface area contributed by atoms with Crippen molar-refractivity contribution in [2.75, 3.05) is 14.2 Å². The molecular weight excluding hydrogens is 136 g/mol. The minimum atomic E-state index is -1.01. The van der Waals surface area contributed by atoms with Crippen LogP contribution in [0.4, 0.5) is 0 Å². The van der Waals surface area contributed by atoms with Gasteiger partial charge in [0.05, 0.1) is 0 Å². The molecule has 0 N–H and O–H groups in total. The van der Waals surface area contributed by atoms with Gasteiger partial charge in [-0.3, -0.25) is 0 Å². The number of ether oxygens (including phenoxy) is 2. The molecule has 0 aliphatic rings. The topological polar surface area (TPSA) is 27.7 Å². The van der Waals surface area contributed by atoms with Crippen molar-refractivity contribution >= 4 is 9.04 Å². The Balaban J connectivity index is 3.31. The third kappa shape index (κ3) is 4.59. The summed E-state index contributed by atoms with van der Waals surface area (Å²) in [6.45, 7) is 3.66. The summed E-state index contributed by atoms with van der Waals surface area (Å²) >= 11 is 0. The molecule has 3 nitrogen and oxygen atoms in total. The normalized spacial score (nSPS) is 11.3. The Hall–Kier alpha value is 0.0969. The Kier molecular flexibility index (Phi) is 4.98. The van der Waals surface area contributed by atoms with Gasteiger partial charge in [-0.05, 0) is 13.1 Å². The van der Waals surface area contributed by atoms with Gasteiger partial charge in [0.15, 0.2) is 9.04 Å². The summed E-state index contributed by atoms with van der Waals surface area (Å²) in [6, 6.07) is 0. The molecule has 0 aliphatic heterocycles.